The number of carbonyl (C=O) groups excluding carboxylic acids is 1. The average Bonchev–Trinajstić information content (AvgIpc) is 2.90. The summed E-state index contributed by atoms with van der Waals surface area (Å²) < 4.78 is 1.59. The van der Waals surface area contributed by atoms with Crippen molar-refractivity contribution in [1.82, 2.24) is 14.7 Å². The maximum Gasteiger partial charge on any atom is 0.258 e. The van der Waals surface area contributed by atoms with Crippen LogP contribution in [0.3, 0.4) is 0 Å². The van der Waals surface area contributed by atoms with Gasteiger partial charge in [-0.1, -0.05) is 17.7 Å². The minimum atomic E-state index is -0.187. The number of benzene rings is 1. The summed E-state index contributed by atoms with van der Waals surface area (Å²) in [5.41, 5.74) is 1.97. The number of fused-ring (bicyclic) bond motifs is 1. The molecule has 2 heterocycles. The van der Waals surface area contributed by atoms with E-state index in [4.69, 9.17) is 11.6 Å². The van der Waals surface area contributed by atoms with E-state index in [-0.39, 0.29) is 11.5 Å². The fourth-order valence-electron chi connectivity index (χ4n) is 2.29. The van der Waals surface area contributed by atoms with Crippen LogP contribution in [0.2, 0.25) is 5.02 Å². The lowest BCUT2D eigenvalue weighted by atomic mass is 10.2. The Balaban J connectivity index is 1.70. The molecular weight excluding hydrogens is 334 g/mol. The van der Waals surface area contributed by atoms with E-state index in [1.54, 1.807) is 35.6 Å². The van der Waals surface area contributed by atoms with Gasteiger partial charge in [-0.3, -0.25) is 14.0 Å². The Bertz CT molecular complexity index is 932. The number of aromatic nitrogens is 2. The first-order chi connectivity index (χ1) is 11.0. The highest BCUT2D eigenvalue weighted by atomic mass is 35.5. The molecule has 118 valence electrons. The van der Waals surface area contributed by atoms with Gasteiger partial charge in [0.25, 0.3) is 11.5 Å². The molecule has 0 atom stereocenters. The molecule has 0 aliphatic rings. The summed E-state index contributed by atoms with van der Waals surface area (Å²) in [6.07, 6.45) is 0.553. The molecule has 2 aromatic heterocycles. The van der Waals surface area contributed by atoms with Crippen molar-refractivity contribution in [3.05, 3.63) is 68.0 Å². The van der Waals surface area contributed by atoms with Crippen molar-refractivity contribution in [3.63, 3.8) is 0 Å². The topological polar surface area (TPSA) is 63.5 Å². The minimum absolute atomic E-state index is 0.0927. The number of amides is 1. The SMILES string of the molecule is Cc1cc(=O)n2c(CCNC(=O)c3cccc(Cl)c3)csc2n1. The lowest BCUT2D eigenvalue weighted by Gasteiger charge is -2.05. The number of nitrogens with zero attached hydrogens (tertiary/aromatic N) is 2. The van der Waals surface area contributed by atoms with Crippen molar-refractivity contribution in [2.24, 2.45) is 0 Å². The molecule has 0 aliphatic heterocycles. The van der Waals surface area contributed by atoms with E-state index in [1.807, 2.05) is 5.38 Å². The minimum Gasteiger partial charge on any atom is -0.352 e. The fraction of sp³-hybridized carbons (Fsp3) is 0.188. The number of carbonyl (C=O) groups is 1. The first kappa shape index (κ1) is 15.7. The second kappa shape index (κ2) is 6.52. The maximum atomic E-state index is 12.1. The van der Waals surface area contributed by atoms with Crippen LogP contribution in [0.25, 0.3) is 4.96 Å². The van der Waals surface area contributed by atoms with Crippen molar-refractivity contribution in [2.75, 3.05) is 6.54 Å². The standard InChI is InChI=1S/C16H14ClN3O2S/c1-10-7-14(21)20-13(9-23-16(20)19-10)5-6-18-15(22)11-3-2-4-12(17)8-11/h2-4,7-9H,5-6H2,1H3,(H,18,22). The van der Waals surface area contributed by atoms with Gasteiger partial charge in [-0.05, 0) is 25.1 Å². The van der Waals surface area contributed by atoms with Crippen LogP contribution in [0.1, 0.15) is 21.7 Å². The van der Waals surface area contributed by atoms with Crippen molar-refractivity contribution in [2.45, 2.75) is 13.3 Å². The van der Waals surface area contributed by atoms with Gasteiger partial charge >= 0.3 is 0 Å². The zero-order chi connectivity index (χ0) is 16.4. The molecule has 3 aromatic rings. The zero-order valence-corrected chi connectivity index (χ0v) is 13.9. The van der Waals surface area contributed by atoms with Gasteiger partial charge in [-0.25, -0.2) is 4.98 Å². The Labute approximate surface area is 141 Å². The summed E-state index contributed by atoms with van der Waals surface area (Å²) in [5.74, 6) is -0.187. The van der Waals surface area contributed by atoms with Crippen molar-refractivity contribution >= 4 is 33.8 Å². The Morgan fingerprint density at radius 1 is 1.39 bits per heavy atom. The third-order valence-electron chi connectivity index (χ3n) is 3.36. The molecule has 7 heteroatoms. The molecule has 0 bridgehead atoms. The predicted molar refractivity (Wildman–Crippen MR) is 91.6 cm³/mol. The molecule has 0 aliphatic carbocycles. The van der Waals surface area contributed by atoms with E-state index in [1.165, 1.54) is 17.4 Å². The second-order valence-electron chi connectivity index (χ2n) is 5.10. The van der Waals surface area contributed by atoms with Crippen LogP contribution in [0.5, 0.6) is 0 Å². The van der Waals surface area contributed by atoms with Crippen molar-refractivity contribution in [1.29, 1.82) is 0 Å². The highest BCUT2D eigenvalue weighted by Crippen LogP contribution is 2.13. The summed E-state index contributed by atoms with van der Waals surface area (Å²) in [5, 5.41) is 5.25. The molecule has 5 nitrogen and oxygen atoms in total. The number of hydrogen-bond acceptors (Lipinski definition) is 4. The largest absolute Gasteiger partial charge is 0.352 e. The summed E-state index contributed by atoms with van der Waals surface area (Å²) in [6, 6.07) is 8.29. The molecule has 0 unspecified atom stereocenters. The molecule has 1 aromatic carbocycles. The van der Waals surface area contributed by atoms with Crippen LogP contribution in [0.15, 0.2) is 40.5 Å². The Hall–Kier alpha value is -2.18. The highest BCUT2D eigenvalue weighted by Gasteiger charge is 2.09. The van der Waals surface area contributed by atoms with E-state index in [0.29, 0.717) is 34.2 Å². The van der Waals surface area contributed by atoms with Gasteiger partial charge in [0.2, 0.25) is 0 Å². The second-order valence-corrected chi connectivity index (χ2v) is 6.37. The molecule has 1 N–H and O–H groups in total. The normalized spacial score (nSPS) is 10.9. The first-order valence-electron chi connectivity index (χ1n) is 7.05. The third-order valence-corrected chi connectivity index (χ3v) is 4.47. The lowest BCUT2D eigenvalue weighted by molar-refractivity contribution is 0.0954. The highest BCUT2D eigenvalue weighted by molar-refractivity contribution is 7.15. The van der Waals surface area contributed by atoms with Crippen LogP contribution in [-0.2, 0) is 6.42 Å². The van der Waals surface area contributed by atoms with Crippen LogP contribution in [0, 0.1) is 6.92 Å². The smallest absolute Gasteiger partial charge is 0.258 e. The molecular formula is C16H14ClN3O2S. The third kappa shape index (κ3) is 3.43. The number of aryl methyl sites for hydroxylation is 1. The number of halogens is 1. The predicted octanol–water partition coefficient (Wildman–Crippen LogP) is 2.69. The summed E-state index contributed by atoms with van der Waals surface area (Å²) in [4.78, 5) is 29.1. The quantitative estimate of drug-likeness (QED) is 0.789. The zero-order valence-electron chi connectivity index (χ0n) is 12.4. The Morgan fingerprint density at radius 2 is 2.22 bits per heavy atom. The molecule has 23 heavy (non-hydrogen) atoms. The van der Waals surface area contributed by atoms with Gasteiger partial charge in [-0.15, -0.1) is 11.3 Å². The van der Waals surface area contributed by atoms with Crippen molar-refractivity contribution < 1.29 is 4.79 Å². The summed E-state index contributed by atoms with van der Waals surface area (Å²) >= 11 is 7.30. The molecule has 0 saturated heterocycles. The van der Waals surface area contributed by atoms with E-state index >= 15 is 0 Å². The molecule has 0 saturated carbocycles. The van der Waals surface area contributed by atoms with E-state index in [9.17, 15) is 9.59 Å². The van der Waals surface area contributed by atoms with Gasteiger partial charge in [0.1, 0.15) is 0 Å². The number of rotatable bonds is 4. The number of thiazole rings is 1. The van der Waals surface area contributed by atoms with Gasteiger partial charge in [0, 0.05) is 46.4 Å². The molecule has 0 fully saturated rings. The fourth-order valence-corrected chi connectivity index (χ4v) is 3.46. The maximum absolute atomic E-state index is 12.1. The Kier molecular flexibility index (Phi) is 4.45. The number of nitrogens with one attached hydrogen (secondary N) is 1. The first-order valence-corrected chi connectivity index (χ1v) is 8.31. The molecule has 3 rings (SSSR count). The summed E-state index contributed by atoms with van der Waals surface area (Å²) in [6.45, 7) is 2.23. The Morgan fingerprint density at radius 3 is 3.00 bits per heavy atom. The van der Waals surface area contributed by atoms with Crippen LogP contribution >= 0.6 is 22.9 Å². The van der Waals surface area contributed by atoms with Gasteiger partial charge in [-0.2, -0.15) is 0 Å². The van der Waals surface area contributed by atoms with E-state index in [0.717, 1.165) is 5.69 Å². The van der Waals surface area contributed by atoms with Crippen LogP contribution < -0.4 is 10.9 Å². The molecule has 0 spiro atoms. The van der Waals surface area contributed by atoms with E-state index in [2.05, 4.69) is 10.3 Å². The molecule has 1 amide bonds. The summed E-state index contributed by atoms with van der Waals surface area (Å²) in [7, 11) is 0. The van der Waals surface area contributed by atoms with Crippen LogP contribution in [-0.4, -0.2) is 21.8 Å². The average molecular weight is 348 g/mol. The van der Waals surface area contributed by atoms with Crippen molar-refractivity contribution in [3.8, 4) is 0 Å². The van der Waals surface area contributed by atoms with Gasteiger partial charge in [0.15, 0.2) is 4.96 Å². The monoisotopic (exact) mass is 347 g/mol. The number of hydrogen-bond donors (Lipinski definition) is 1. The molecule has 0 radical (unpaired) electrons. The lowest BCUT2D eigenvalue weighted by Crippen LogP contribution is -2.26. The van der Waals surface area contributed by atoms with E-state index < -0.39 is 0 Å². The van der Waals surface area contributed by atoms with Gasteiger partial charge < -0.3 is 5.32 Å². The van der Waals surface area contributed by atoms with Crippen LogP contribution in [0.4, 0.5) is 0 Å². The van der Waals surface area contributed by atoms with Gasteiger partial charge in [0.05, 0.1) is 0 Å².